The summed E-state index contributed by atoms with van der Waals surface area (Å²) in [4.78, 5) is 23.4. The molecule has 4 rings (SSSR count). The van der Waals surface area contributed by atoms with Crippen molar-refractivity contribution >= 4 is 17.5 Å². The van der Waals surface area contributed by atoms with E-state index in [0.29, 0.717) is 5.69 Å². The van der Waals surface area contributed by atoms with Crippen molar-refractivity contribution < 1.29 is 9.13 Å². The molecule has 1 saturated heterocycles. The van der Waals surface area contributed by atoms with Gasteiger partial charge in [0.15, 0.2) is 17.4 Å². The molecule has 0 radical (unpaired) electrons. The van der Waals surface area contributed by atoms with E-state index in [0.717, 1.165) is 28.4 Å². The van der Waals surface area contributed by atoms with Crippen LogP contribution in [-0.4, -0.2) is 64.9 Å². The van der Waals surface area contributed by atoms with Gasteiger partial charge in [-0.15, -0.1) is 0 Å². The topological polar surface area (TPSA) is 139 Å². The Balaban J connectivity index is 1.68. The highest BCUT2D eigenvalue weighted by Crippen LogP contribution is 2.38. The lowest BCUT2D eigenvalue weighted by atomic mass is 9.77. The lowest BCUT2D eigenvalue weighted by Gasteiger charge is -2.53. The van der Waals surface area contributed by atoms with E-state index >= 15 is 0 Å². The predicted molar refractivity (Wildman–Crippen MR) is 145 cm³/mol. The number of ether oxygens (including phenoxy) is 1. The van der Waals surface area contributed by atoms with Gasteiger partial charge in [-0.25, -0.2) is 14.2 Å². The minimum Gasteiger partial charge on any atom is -0.487 e. The maximum Gasteiger partial charge on any atom is 0.368 e. The number of piperidine rings is 1. The lowest BCUT2D eigenvalue weighted by Crippen LogP contribution is -2.61. The number of hydrogen-bond donors (Lipinski definition) is 2. The van der Waals surface area contributed by atoms with E-state index in [9.17, 15) is 14.4 Å². The molecule has 2 aromatic heterocycles. The van der Waals surface area contributed by atoms with Crippen molar-refractivity contribution in [3.8, 4) is 17.5 Å². The fourth-order valence-corrected chi connectivity index (χ4v) is 5.07. The second kappa shape index (κ2) is 10.3. The molecule has 208 valence electrons. The van der Waals surface area contributed by atoms with Gasteiger partial charge in [0.05, 0.1) is 17.9 Å². The molecule has 2 N–H and O–H groups in total. The quantitative estimate of drug-likeness (QED) is 0.460. The van der Waals surface area contributed by atoms with E-state index in [2.05, 4.69) is 76.7 Å². The van der Waals surface area contributed by atoms with Gasteiger partial charge in [0.25, 0.3) is 0 Å². The van der Waals surface area contributed by atoms with Crippen LogP contribution >= 0.6 is 0 Å². The SMILES string of the molecule is CC(C)Oc1c(C#N)cc(Nc2ncc(F)c(NC3CC(C)(C)N(C)C(C)(C)C3)n2)cc1-n1nnn(C)c1=O. The molecule has 0 spiro atoms. The highest BCUT2D eigenvalue weighted by atomic mass is 19.1. The maximum absolute atomic E-state index is 14.8. The number of hydrogen-bond acceptors (Lipinski definition) is 10. The Morgan fingerprint density at radius 3 is 2.38 bits per heavy atom. The summed E-state index contributed by atoms with van der Waals surface area (Å²) in [6, 6.07) is 5.23. The fraction of sp³-hybridized carbons (Fsp3) is 0.538. The average Bonchev–Trinajstić information content (AvgIpc) is 3.17. The number of likely N-dealkylation sites (tertiary alicyclic amines) is 1. The lowest BCUT2D eigenvalue weighted by molar-refractivity contribution is -0.00778. The van der Waals surface area contributed by atoms with Gasteiger partial charge in [0.1, 0.15) is 11.8 Å². The van der Waals surface area contributed by atoms with Gasteiger partial charge in [-0.2, -0.15) is 19.6 Å². The molecule has 3 aromatic rings. The molecular formula is C26H35FN10O2. The van der Waals surface area contributed by atoms with E-state index in [4.69, 9.17) is 4.74 Å². The number of aryl methyl sites for hydroxylation is 1. The van der Waals surface area contributed by atoms with Crippen LogP contribution in [0.15, 0.2) is 23.1 Å². The summed E-state index contributed by atoms with van der Waals surface area (Å²) in [5.74, 6) is -0.181. The van der Waals surface area contributed by atoms with Crippen molar-refractivity contribution in [2.75, 3.05) is 17.7 Å². The van der Waals surface area contributed by atoms with Crippen molar-refractivity contribution in [1.82, 2.24) is 34.7 Å². The van der Waals surface area contributed by atoms with Crippen LogP contribution in [0.1, 0.15) is 59.9 Å². The molecule has 1 aliphatic rings. The van der Waals surface area contributed by atoms with Gasteiger partial charge in [-0.3, -0.25) is 4.90 Å². The number of aromatic nitrogens is 6. The first-order chi connectivity index (χ1) is 18.2. The first-order valence-electron chi connectivity index (χ1n) is 12.8. The van der Waals surface area contributed by atoms with E-state index in [-0.39, 0.29) is 52.0 Å². The maximum atomic E-state index is 14.8. The second-order valence-corrected chi connectivity index (χ2v) is 11.4. The number of benzene rings is 1. The number of anilines is 3. The number of tetrazole rings is 1. The molecule has 1 aromatic carbocycles. The summed E-state index contributed by atoms with van der Waals surface area (Å²) >= 11 is 0. The number of nitriles is 1. The van der Waals surface area contributed by atoms with Gasteiger partial charge < -0.3 is 15.4 Å². The molecule has 13 heteroatoms. The van der Waals surface area contributed by atoms with E-state index in [1.54, 1.807) is 12.1 Å². The minimum absolute atomic E-state index is 0.00348. The first kappa shape index (κ1) is 28.0. The zero-order valence-corrected chi connectivity index (χ0v) is 23.6. The van der Waals surface area contributed by atoms with Crippen molar-refractivity contribution in [2.24, 2.45) is 7.05 Å². The van der Waals surface area contributed by atoms with Crippen molar-refractivity contribution in [3.63, 3.8) is 0 Å². The van der Waals surface area contributed by atoms with E-state index in [1.165, 1.54) is 7.05 Å². The van der Waals surface area contributed by atoms with Crippen LogP contribution in [0.5, 0.6) is 5.75 Å². The zero-order chi connectivity index (χ0) is 28.7. The molecule has 0 unspecified atom stereocenters. The molecule has 0 aliphatic carbocycles. The molecule has 0 amide bonds. The summed E-state index contributed by atoms with van der Waals surface area (Å²) in [5, 5.41) is 23.8. The van der Waals surface area contributed by atoms with Crippen LogP contribution in [-0.2, 0) is 7.05 Å². The molecular weight excluding hydrogens is 503 g/mol. The summed E-state index contributed by atoms with van der Waals surface area (Å²) in [5.41, 5.74) is 0.0723. The highest BCUT2D eigenvalue weighted by Gasteiger charge is 2.43. The number of rotatable bonds is 7. The third-order valence-corrected chi connectivity index (χ3v) is 7.14. The van der Waals surface area contributed by atoms with Crippen LogP contribution in [0, 0.1) is 17.1 Å². The van der Waals surface area contributed by atoms with E-state index in [1.807, 2.05) is 13.8 Å². The predicted octanol–water partition coefficient (Wildman–Crippen LogP) is 3.36. The summed E-state index contributed by atoms with van der Waals surface area (Å²) in [6.45, 7) is 12.3. The van der Waals surface area contributed by atoms with Gasteiger partial charge >= 0.3 is 5.69 Å². The third kappa shape index (κ3) is 5.70. The van der Waals surface area contributed by atoms with Crippen molar-refractivity contribution in [1.29, 1.82) is 5.26 Å². The molecule has 1 aliphatic heterocycles. The standard InChI is InChI=1S/C26H35FN10O2/c1-15(2)39-21-16(13-28)9-17(10-20(21)37-24(38)35(7)33-34-37)31-23-29-14-19(27)22(32-23)30-18-11-25(3,4)36(8)26(5,6)12-18/h9-10,14-15,18H,11-12H2,1-8H3,(H2,29,30,31,32). The summed E-state index contributed by atoms with van der Waals surface area (Å²) < 4.78 is 22.8. The Kier molecular flexibility index (Phi) is 7.36. The van der Waals surface area contributed by atoms with Crippen LogP contribution in [0.2, 0.25) is 0 Å². The Morgan fingerprint density at radius 2 is 1.82 bits per heavy atom. The normalized spacial score (nSPS) is 17.2. The smallest absolute Gasteiger partial charge is 0.368 e. The number of halogens is 1. The first-order valence-corrected chi connectivity index (χ1v) is 12.8. The zero-order valence-electron chi connectivity index (χ0n) is 23.6. The minimum atomic E-state index is -0.569. The van der Waals surface area contributed by atoms with Crippen molar-refractivity contribution in [3.05, 3.63) is 40.2 Å². The molecule has 0 saturated carbocycles. The number of nitrogens with one attached hydrogen (secondary N) is 2. The highest BCUT2D eigenvalue weighted by molar-refractivity contribution is 5.68. The molecule has 39 heavy (non-hydrogen) atoms. The molecule has 1 fully saturated rings. The van der Waals surface area contributed by atoms with E-state index < -0.39 is 11.5 Å². The van der Waals surface area contributed by atoms with Crippen LogP contribution in [0.4, 0.5) is 21.8 Å². The second-order valence-electron chi connectivity index (χ2n) is 11.4. The Labute approximate surface area is 226 Å². The molecule has 3 heterocycles. The molecule has 0 atom stereocenters. The van der Waals surface area contributed by atoms with Gasteiger partial charge in [-0.1, -0.05) is 0 Å². The van der Waals surface area contributed by atoms with Gasteiger partial charge in [0.2, 0.25) is 5.95 Å². The van der Waals surface area contributed by atoms with Crippen LogP contribution < -0.4 is 21.1 Å². The molecule has 12 nitrogen and oxygen atoms in total. The fourth-order valence-electron chi connectivity index (χ4n) is 5.07. The Hall–Kier alpha value is -4.05. The van der Waals surface area contributed by atoms with Crippen LogP contribution in [0.3, 0.4) is 0 Å². The van der Waals surface area contributed by atoms with Gasteiger partial charge in [-0.05, 0) is 84.0 Å². The monoisotopic (exact) mass is 538 g/mol. The Morgan fingerprint density at radius 1 is 1.15 bits per heavy atom. The van der Waals surface area contributed by atoms with Crippen LogP contribution in [0.25, 0.3) is 5.69 Å². The van der Waals surface area contributed by atoms with Gasteiger partial charge in [0, 0.05) is 29.9 Å². The number of nitrogens with zero attached hydrogens (tertiary/aromatic N) is 8. The summed E-state index contributed by atoms with van der Waals surface area (Å²) in [7, 11) is 3.58. The summed E-state index contributed by atoms with van der Waals surface area (Å²) in [6.07, 6.45) is 2.43. The third-order valence-electron chi connectivity index (χ3n) is 7.14. The average molecular weight is 539 g/mol. The molecule has 0 bridgehead atoms. The Bertz CT molecular complexity index is 1450. The van der Waals surface area contributed by atoms with Crippen molar-refractivity contribution in [2.45, 2.75) is 77.6 Å². The largest absolute Gasteiger partial charge is 0.487 e.